The summed E-state index contributed by atoms with van der Waals surface area (Å²) >= 11 is 8.29. The Bertz CT molecular complexity index is 326. The Morgan fingerprint density at radius 2 is 2.36 bits per heavy atom. The van der Waals surface area contributed by atoms with Crippen LogP contribution >= 0.6 is 34.2 Å². The predicted octanol–water partition coefficient (Wildman–Crippen LogP) is 2.61. The quantitative estimate of drug-likeness (QED) is 0.802. The molecule has 14 heavy (non-hydrogen) atoms. The third-order valence-corrected chi connectivity index (χ3v) is 3.84. The minimum Gasteiger partial charge on any atom is -0.378 e. The van der Waals surface area contributed by atoms with Crippen molar-refractivity contribution in [2.24, 2.45) is 0 Å². The van der Waals surface area contributed by atoms with E-state index in [0.29, 0.717) is 6.04 Å². The third kappa shape index (κ3) is 2.39. The van der Waals surface area contributed by atoms with Gasteiger partial charge in [0.2, 0.25) is 0 Å². The molecule has 4 heteroatoms. The van der Waals surface area contributed by atoms with E-state index in [1.807, 2.05) is 12.1 Å². The lowest BCUT2D eigenvalue weighted by atomic mass is 10.1. The normalized spacial score (nSPS) is 22.3. The number of hydrogen-bond donors (Lipinski definition) is 1. The van der Waals surface area contributed by atoms with Crippen molar-refractivity contribution in [1.29, 1.82) is 0 Å². The van der Waals surface area contributed by atoms with Crippen molar-refractivity contribution in [1.82, 2.24) is 5.32 Å². The summed E-state index contributed by atoms with van der Waals surface area (Å²) in [5, 5.41) is 4.21. The Hall–Kier alpha value is 0.160. The smallest absolute Gasteiger partial charge is 0.0662 e. The summed E-state index contributed by atoms with van der Waals surface area (Å²) in [4.78, 5) is 0. The number of halogens is 2. The lowest BCUT2D eigenvalue weighted by Gasteiger charge is -2.24. The summed E-state index contributed by atoms with van der Waals surface area (Å²) < 4.78 is 6.49. The van der Waals surface area contributed by atoms with E-state index >= 15 is 0 Å². The van der Waals surface area contributed by atoms with Crippen molar-refractivity contribution in [3.8, 4) is 0 Å². The first-order valence-electron chi connectivity index (χ1n) is 4.53. The molecule has 0 amide bonds. The van der Waals surface area contributed by atoms with E-state index in [4.69, 9.17) is 16.3 Å². The van der Waals surface area contributed by atoms with E-state index in [-0.39, 0.29) is 0 Å². The maximum Gasteiger partial charge on any atom is 0.0662 e. The van der Waals surface area contributed by atoms with Crippen LogP contribution in [-0.2, 0) is 4.74 Å². The molecule has 1 atom stereocenters. The summed E-state index contributed by atoms with van der Waals surface area (Å²) in [7, 11) is 0. The highest BCUT2D eigenvalue weighted by Crippen LogP contribution is 2.24. The summed E-state index contributed by atoms with van der Waals surface area (Å²) in [6.07, 6.45) is 0. The van der Waals surface area contributed by atoms with E-state index in [0.717, 1.165) is 28.4 Å². The highest BCUT2D eigenvalue weighted by molar-refractivity contribution is 14.1. The molecular formula is C10H11ClINO. The Kier molecular flexibility index (Phi) is 3.65. The second kappa shape index (κ2) is 4.79. The SMILES string of the molecule is Clc1cc([C@@H]2COCCN2)ccc1I. The van der Waals surface area contributed by atoms with Gasteiger partial charge >= 0.3 is 0 Å². The molecule has 1 aliphatic rings. The van der Waals surface area contributed by atoms with Gasteiger partial charge in [-0.25, -0.2) is 0 Å². The van der Waals surface area contributed by atoms with Crippen LogP contribution in [0.3, 0.4) is 0 Å². The largest absolute Gasteiger partial charge is 0.378 e. The Labute approximate surface area is 102 Å². The Balaban J connectivity index is 2.18. The van der Waals surface area contributed by atoms with Gasteiger partial charge < -0.3 is 10.1 Å². The standard InChI is InChI=1S/C10H11ClINO/c11-8-5-7(1-2-9(8)12)10-6-14-4-3-13-10/h1-2,5,10,13H,3-4,6H2/t10-/m0/s1. The average Bonchev–Trinajstić information content (AvgIpc) is 2.23. The summed E-state index contributed by atoms with van der Waals surface area (Å²) in [6, 6.07) is 6.43. The van der Waals surface area contributed by atoms with Crippen molar-refractivity contribution in [3.05, 3.63) is 32.4 Å². The second-order valence-corrected chi connectivity index (χ2v) is 4.82. The van der Waals surface area contributed by atoms with Gasteiger partial charge in [-0.3, -0.25) is 0 Å². The van der Waals surface area contributed by atoms with Gasteiger partial charge in [0.1, 0.15) is 0 Å². The monoisotopic (exact) mass is 323 g/mol. The van der Waals surface area contributed by atoms with Crippen molar-refractivity contribution in [3.63, 3.8) is 0 Å². The number of hydrogen-bond acceptors (Lipinski definition) is 2. The molecule has 1 heterocycles. The first-order valence-corrected chi connectivity index (χ1v) is 5.99. The first-order chi connectivity index (χ1) is 6.77. The van der Waals surface area contributed by atoms with Gasteiger partial charge in [-0.2, -0.15) is 0 Å². The molecule has 1 saturated heterocycles. The molecule has 1 aliphatic heterocycles. The van der Waals surface area contributed by atoms with Gasteiger partial charge in [0.15, 0.2) is 0 Å². The zero-order valence-corrected chi connectivity index (χ0v) is 10.5. The van der Waals surface area contributed by atoms with Crippen LogP contribution in [0.1, 0.15) is 11.6 Å². The van der Waals surface area contributed by atoms with Crippen LogP contribution in [0.4, 0.5) is 0 Å². The van der Waals surface area contributed by atoms with Gasteiger partial charge in [-0.1, -0.05) is 17.7 Å². The number of nitrogens with one attached hydrogen (secondary N) is 1. The van der Waals surface area contributed by atoms with E-state index < -0.39 is 0 Å². The molecule has 0 aromatic heterocycles. The van der Waals surface area contributed by atoms with Crippen LogP contribution < -0.4 is 5.32 Å². The molecule has 0 aliphatic carbocycles. The summed E-state index contributed by atoms with van der Waals surface area (Å²) in [6.45, 7) is 2.44. The molecule has 0 unspecified atom stereocenters. The van der Waals surface area contributed by atoms with Crippen LogP contribution in [0.2, 0.25) is 5.02 Å². The molecule has 0 saturated carbocycles. The maximum absolute atomic E-state index is 6.06. The lowest BCUT2D eigenvalue weighted by molar-refractivity contribution is 0.0769. The highest BCUT2D eigenvalue weighted by Gasteiger charge is 2.15. The lowest BCUT2D eigenvalue weighted by Crippen LogP contribution is -2.34. The zero-order valence-electron chi connectivity index (χ0n) is 7.59. The number of benzene rings is 1. The average molecular weight is 324 g/mol. The molecule has 1 N–H and O–H groups in total. The van der Waals surface area contributed by atoms with E-state index in [2.05, 4.69) is 34.0 Å². The molecule has 76 valence electrons. The fraction of sp³-hybridized carbons (Fsp3) is 0.400. The van der Waals surface area contributed by atoms with E-state index in [1.165, 1.54) is 5.56 Å². The topological polar surface area (TPSA) is 21.3 Å². The van der Waals surface area contributed by atoms with Crippen molar-refractivity contribution in [2.45, 2.75) is 6.04 Å². The number of morpholine rings is 1. The third-order valence-electron chi connectivity index (χ3n) is 2.27. The zero-order chi connectivity index (χ0) is 9.97. The molecule has 1 fully saturated rings. The predicted molar refractivity (Wildman–Crippen MR) is 65.7 cm³/mol. The minimum atomic E-state index is 0.290. The molecule has 2 rings (SSSR count). The molecule has 1 aromatic carbocycles. The fourth-order valence-electron chi connectivity index (χ4n) is 1.51. The van der Waals surface area contributed by atoms with Crippen LogP contribution in [0, 0.1) is 3.57 Å². The number of ether oxygens (including phenoxy) is 1. The molecule has 0 spiro atoms. The van der Waals surface area contributed by atoms with Gasteiger partial charge in [-0.15, -0.1) is 0 Å². The summed E-state index contributed by atoms with van der Waals surface area (Å²) in [5.74, 6) is 0. The van der Waals surface area contributed by atoms with Gasteiger partial charge in [-0.05, 0) is 40.3 Å². The van der Waals surface area contributed by atoms with Crippen LogP contribution in [-0.4, -0.2) is 19.8 Å². The minimum absolute atomic E-state index is 0.290. The van der Waals surface area contributed by atoms with Gasteiger partial charge in [0, 0.05) is 10.1 Å². The van der Waals surface area contributed by atoms with Gasteiger partial charge in [0.05, 0.1) is 24.3 Å². The van der Waals surface area contributed by atoms with E-state index in [1.54, 1.807) is 0 Å². The second-order valence-electron chi connectivity index (χ2n) is 3.26. The first kappa shape index (κ1) is 10.7. The Morgan fingerprint density at radius 1 is 1.50 bits per heavy atom. The van der Waals surface area contributed by atoms with E-state index in [9.17, 15) is 0 Å². The molecule has 1 aromatic rings. The van der Waals surface area contributed by atoms with Gasteiger partial charge in [0.25, 0.3) is 0 Å². The van der Waals surface area contributed by atoms with Crippen LogP contribution in [0.25, 0.3) is 0 Å². The van der Waals surface area contributed by atoms with Crippen molar-refractivity contribution < 1.29 is 4.74 Å². The summed E-state index contributed by atoms with van der Waals surface area (Å²) in [5.41, 5.74) is 1.20. The molecule has 2 nitrogen and oxygen atoms in total. The van der Waals surface area contributed by atoms with Crippen LogP contribution in [0.5, 0.6) is 0 Å². The van der Waals surface area contributed by atoms with Crippen molar-refractivity contribution in [2.75, 3.05) is 19.8 Å². The Morgan fingerprint density at radius 3 is 3.00 bits per heavy atom. The number of rotatable bonds is 1. The molecular weight excluding hydrogens is 312 g/mol. The highest BCUT2D eigenvalue weighted by atomic mass is 127. The molecule has 0 radical (unpaired) electrons. The maximum atomic E-state index is 6.06. The van der Waals surface area contributed by atoms with Crippen molar-refractivity contribution >= 4 is 34.2 Å². The molecule has 0 bridgehead atoms. The van der Waals surface area contributed by atoms with Crippen LogP contribution in [0.15, 0.2) is 18.2 Å². The fourth-order valence-corrected chi connectivity index (χ4v) is 2.03.